The highest BCUT2D eigenvalue weighted by atomic mass is 32.1. The van der Waals surface area contributed by atoms with Crippen molar-refractivity contribution in [2.45, 2.75) is 52.4 Å². The third-order valence-electron chi connectivity index (χ3n) is 3.38. The summed E-state index contributed by atoms with van der Waals surface area (Å²) >= 11 is 1.80. The minimum absolute atomic E-state index is 0.466. The van der Waals surface area contributed by atoms with E-state index in [9.17, 15) is 0 Å². The first-order chi connectivity index (χ1) is 8.19. The van der Waals surface area contributed by atoms with Crippen molar-refractivity contribution < 1.29 is 0 Å². The molecule has 0 unspecified atom stereocenters. The summed E-state index contributed by atoms with van der Waals surface area (Å²) in [6.07, 6.45) is 4.09. The van der Waals surface area contributed by atoms with Crippen LogP contribution in [0.3, 0.4) is 0 Å². The van der Waals surface area contributed by atoms with Crippen LogP contribution < -0.4 is 0 Å². The fourth-order valence-corrected chi connectivity index (χ4v) is 3.56. The molecule has 92 valence electrons. The maximum absolute atomic E-state index is 4.50. The summed E-state index contributed by atoms with van der Waals surface area (Å²) < 4.78 is 1.28. The average Bonchev–Trinajstić information content (AvgIpc) is 2.74. The highest BCUT2D eigenvalue weighted by Gasteiger charge is 2.17. The van der Waals surface area contributed by atoms with Gasteiger partial charge in [0.15, 0.2) is 0 Å². The van der Waals surface area contributed by atoms with E-state index >= 15 is 0 Å². The molecule has 2 rings (SSSR count). The SMILES string of the molecule is CCC(CC)c1csc2c(C(C)C)ncnc12. The second-order valence-electron chi connectivity index (χ2n) is 4.80. The minimum atomic E-state index is 0.466. The van der Waals surface area contributed by atoms with Crippen molar-refractivity contribution in [1.82, 2.24) is 9.97 Å². The van der Waals surface area contributed by atoms with Crippen LogP contribution in [-0.2, 0) is 0 Å². The van der Waals surface area contributed by atoms with Crippen molar-refractivity contribution in [1.29, 1.82) is 0 Å². The maximum Gasteiger partial charge on any atom is 0.116 e. The Labute approximate surface area is 107 Å². The number of rotatable bonds is 4. The van der Waals surface area contributed by atoms with Crippen LogP contribution in [0.15, 0.2) is 11.7 Å². The second kappa shape index (κ2) is 5.13. The molecule has 3 heteroatoms. The lowest BCUT2D eigenvalue weighted by Gasteiger charge is -2.11. The van der Waals surface area contributed by atoms with Gasteiger partial charge in [0, 0.05) is 0 Å². The molecule has 0 aliphatic heterocycles. The highest BCUT2D eigenvalue weighted by Crippen LogP contribution is 2.35. The molecule has 0 amide bonds. The first-order valence-electron chi connectivity index (χ1n) is 6.40. The Bertz CT molecular complexity index is 498. The molecule has 0 aliphatic carbocycles. The zero-order valence-corrected chi connectivity index (χ0v) is 11.8. The van der Waals surface area contributed by atoms with Gasteiger partial charge in [0.05, 0.1) is 15.9 Å². The first-order valence-corrected chi connectivity index (χ1v) is 7.28. The van der Waals surface area contributed by atoms with E-state index in [0.717, 1.165) is 0 Å². The summed E-state index contributed by atoms with van der Waals surface area (Å²) in [5, 5.41) is 2.28. The molecule has 2 aromatic rings. The third kappa shape index (κ3) is 2.21. The highest BCUT2D eigenvalue weighted by molar-refractivity contribution is 7.17. The normalized spacial score (nSPS) is 11.9. The fourth-order valence-electron chi connectivity index (χ4n) is 2.32. The molecule has 17 heavy (non-hydrogen) atoms. The van der Waals surface area contributed by atoms with Crippen LogP contribution >= 0.6 is 11.3 Å². The standard InChI is InChI=1S/C14H20N2S/c1-5-10(6-2)11-7-17-14-12(9(3)4)15-8-16-13(11)14/h7-10H,5-6H2,1-4H3. The molecule has 0 N–H and O–H groups in total. The van der Waals surface area contributed by atoms with Crippen LogP contribution in [0.5, 0.6) is 0 Å². The van der Waals surface area contributed by atoms with Gasteiger partial charge >= 0.3 is 0 Å². The predicted molar refractivity (Wildman–Crippen MR) is 74.8 cm³/mol. The number of aromatic nitrogens is 2. The summed E-state index contributed by atoms with van der Waals surface area (Å²) in [4.78, 5) is 8.93. The quantitative estimate of drug-likeness (QED) is 0.782. The Morgan fingerprint density at radius 1 is 1.18 bits per heavy atom. The minimum Gasteiger partial charge on any atom is -0.240 e. The predicted octanol–water partition coefficient (Wildman–Crippen LogP) is 4.72. The fraction of sp³-hybridized carbons (Fsp3) is 0.571. The Kier molecular flexibility index (Phi) is 3.77. The number of thiophene rings is 1. The second-order valence-corrected chi connectivity index (χ2v) is 5.68. The van der Waals surface area contributed by atoms with Crippen LogP contribution in [0.2, 0.25) is 0 Å². The van der Waals surface area contributed by atoms with Crippen molar-refractivity contribution in [2.75, 3.05) is 0 Å². The van der Waals surface area contributed by atoms with Crippen LogP contribution in [0.1, 0.15) is 63.6 Å². The van der Waals surface area contributed by atoms with Crippen LogP contribution in [-0.4, -0.2) is 9.97 Å². The van der Waals surface area contributed by atoms with E-state index in [0.29, 0.717) is 11.8 Å². The van der Waals surface area contributed by atoms with Crippen LogP contribution in [0, 0.1) is 0 Å². The van der Waals surface area contributed by atoms with E-state index in [2.05, 4.69) is 43.0 Å². The Morgan fingerprint density at radius 3 is 2.47 bits per heavy atom. The molecular formula is C14H20N2S. The van der Waals surface area contributed by atoms with Gasteiger partial charge in [-0.3, -0.25) is 0 Å². The van der Waals surface area contributed by atoms with Gasteiger partial charge in [-0.2, -0.15) is 0 Å². The zero-order chi connectivity index (χ0) is 12.4. The van der Waals surface area contributed by atoms with Crippen LogP contribution in [0.25, 0.3) is 10.2 Å². The number of nitrogens with zero attached hydrogens (tertiary/aromatic N) is 2. The van der Waals surface area contributed by atoms with E-state index in [-0.39, 0.29) is 0 Å². The molecule has 0 saturated carbocycles. The van der Waals surface area contributed by atoms with Gasteiger partial charge < -0.3 is 0 Å². The summed E-state index contributed by atoms with van der Waals surface area (Å²) in [7, 11) is 0. The molecule has 2 nitrogen and oxygen atoms in total. The smallest absolute Gasteiger partial charge is 0.116 e. The van der Waals surface area contributed by atoms with E-state index in [1.165, 1.54) is 34.3 Å². The average molecular weight is 248 g/mol. The summed E-state index contributed by atoms with van der Waals surface area (Å²) in [6.45, 7) is 8.89. The first kappa shape index (κ1) is 12.5. The van der Waals surface area contributed by atoms with Gasteiger partial charge in [-0.25, -0.2) is 9.97 Å². The summed E-state index contributed by atoms with van der Waals surface area (Å²) in [5.74, 6) is 1.10. The van der Waals surface area contributed by atoms with Gasteiger partial charge in [-0.1, -0.05) is 27.7 Å². The number of hydrogen-bond acceptors (Lipinski definition) is 3. The topological polar surface area (TPSA) is 25.8 Å². The molecule has 0 bridgehead atoms. The third-order valence-corrected chi connectivity index (χ3v) is 4.39. The van der Waals surface area contributed by atoms with Gasteiger partial charge in [0.25, 0.3) is 0 Å². The van der Waals surface area contributed by atoms with Crippen molar-refractivity contribution in [3.63, 3.8) is 0 Å². The molecule has 0 saturated heterocycles. The van der Waals surface area contributed by atoms with E-state index in [1.54, 1.807) is 17.7 Å². The monoisotopic (exact) mass is 248 g/mol. The van der Waals surface area contributed by atoms with Crippen molar-refractivity contribution in [3.05, 3.63) is 23.0 Å². The number of fused-ring (bicyclic) bond motifs is 1. The van der Waals surface area contributed by atoms with Crippen molar-refractivity contribution in [2.24, 2.45) is 0 Å². The van der Waals surface area contributed by atoms with E-state index < -0.39 is 0 Å². The number of hydrogen-bond donors (Lipinski definition) is 0. The summed E-state index contributed by atoms with van der Waals surface area (Å²) in [6, 6.07) is 0. The van der Waals surface area contributed by atoms with E-state index in [1.807, 2.05) is 0 Å². The molecule has 0 aromatic carbocycles. The molecule has 0 fully saturated rings. The summed E-state index contributed by atoms with van der Waals surface area (Å²) in [5.41, 5.74) is 3.79. The van der Waals surface area contributed by atoms with Gasteiger partial charge in [-0.05, 0) is 35.6 Å². The van der Waals surface area contributed by atoms with E-state index in [4.69, 9.17) is 0 Å². The molecule has 2 aromatic heterocycles. The molecule has 0 radical (unpaired) electrons. The van der Waals surface area contributed by atoms with Gasteiger partial charge in [0.2, 0.25) is 0 Å². The molecular weight excluding hydrogens is 228 g/mol. The largest absolute Gasteiger partial charge is 0.240 e. The van der Waals surface area contributed by atoms with Gasteiger partial charge in [0.1, 0.15) is 6.33 Å². The molecule has 0 atom stereocenters. The maximum atomic E-state index is 4.50. The van der Waals surface area contributed by atoms with Crippen molar-refractivity contribution >= 4 is 21.6 Å². The Hall–Kier alpha value is -0.960. The lowest BCUT2D eigenvalue weighted by Crippen LogP contribution is -1.97. The van der Waals surface area contributed by atoms with Crippen molar-refractivity contribution in [3.8, 4) is 0 Å². The lowest BCUT2D eigenvalue weighted by atomic mass is 9.95. The van der Waals surface area contributed by atoms with Gasteiger partial charge in [-0.15, -0.1) is 11.3 Å². The molecule has 2 heterocycles. The Balaban J connectivity index is 2.58. The zero-order valence-electron chi connectivity index (χ0n) is 11.0. The molecule has 0 aliphatic rings. The van der Waals surface area contributed by atoms with Crippen LogP contribution in [0.4, 0.5) is 0 Å². The lowest BCUT2D eigenvalue weighted by molar-refractivity contribution is 0.647. The Morgan fingerprint density at radius 2 is 1.88 bits per heavy atom. The molecule has 0 spiro atoms.